The van der Waals surface area contributed by atoms with Crippen LogP contribution in [0.2, 0.25) is 0 Å². The van der Waals surface area contributed by atoms with E-state index < -0.39 is 23.4 Å². The second-order valence-electron chi connectivity index (χ2n) is 4.05. The molecular formula is C14H10F3NO. The van der Waals surface area contributed by atoms with E-state index in [9.17, 15) is 18.0 Å². The number of hydrogen-bond acceptors (Lipinski definition) is 1. The van der Waals surface area contributed by atoms with Crippen molar-refractivity contribution in [3.63, 3.8) is 0 Å². The van der Waals surface area contributed by atoms with Crippen molar-refractivity contribution in [2.75, 3.05) is 5.32 Å². The fourth-order valence-electron chi connectivity index (χ4n) is 1.65. The van der Waals surface area contributed by atoms with Crippen LogP contribution in [0.15, 0.2) is 36.4 Å². The van der Waals surface area contributed by atoms with Crippen molar-refractivity contribution in [3.8, 4) is 0 Å². The summed E-state index contributed by atoms with van der Waals surface area (Å²) in [5.41, 5.74) is 0.0751. The first-order valence-corrected chi connectivity index (χ1v) is 5.50. The minimum atomic E-state index is -0.819. The molecule has 19 heavy (non-hydrogen) atoms. The van der Waals surface area contributed by atoms with Crippen LogP contribution < -0.4 is 5.32 Å². The summed E-state index contributed by atoms with van der Waals surface area (Å²) in [5, 5.41) is 2.25. The molecule has 0 unspecified atom stereocenters. The Morgan fingerprint density at radius 1 is 1.05 bits per heavy atom. The molecule has 0 radical (unpaired) electrons. The van der Waals surface area contributed by atoms with Crippen LogP contribution in [0.1, 0.15) is 15.9 Å². The van der Waals surface area contributed by atoms with E-state index in [1.165, 1.54) is 25.1 Å². The van der Waals surface area contributed by atoms with Crippen LogP contribution in [0, 0.1) is 24.4 Å². The van der Waals surface area contributed by atoms with Crippen LogP contribution in [-0.2, 0) is 0 Å². The molecule has 0 aliphatic heterocycles. The SMILES string of the molecule is Cc1cccc(C(=O)Nc2cc(F)cc(F)c2)c1F. The topological polar surface area (TPSA) is 29.1 Å². The number of halogens is 3. The second kappa shape index (κ2) is 5.14. The molecule has 0 aliphatic carbocycles. The Bertz CT molecular complexity index is 620. The van der Waals surface area contributed by atoms with Crippen LogP contribution in [0.5, 0.6) is 0 Å². The Morgan fingerprint density at radius 3 is 2.32 bits per heavy atom. The van der Waals surface area contributed by atoms with Gasteiger partial charge in [-0.05, 0) is 30.7 Å². The van der Waals surface area contributed by atoms with Gasteiger partial charge in [-0.3, -0.25) is 4.79 Å². The fourth-order valence-corrected chi connectivity index (χ4v) is 1.65. The fraction of sp³-hybridized carbons (Fsp3) is 0.0714. The van der Waals surface area contributed by atoms with Crippen LogP contribution in [0.25, 0.3) is 0 Å². The summed E-state index contributed by atoms with van der Waals surface area (Å²) < 4.78 is 39.6. The molecule has 2 aromatic carbocycles. The lowest BCUT2D eigenvalue weighted by atomic mass is 10.1. The molecule has 1 amide bonds. The first-order valence-electron chi connectivity index (χ1n) is 5.50. The van der Waals surface area contributed by atoms with Crippen molar-refractivity contribution in [1.29, 1.82) is 0 Å². The van der Waals surface area contributed by atoms with Gasteiger partial charge in [-0.1, -0.05) is 12.1 Å². The summed E-state index contributed by atoms with van der Waals surface area (Å²) in [4.78, 5) is 11.8. The lowest BCUT2D eigenvalue weighted by Gasteiger charge is -2.07. The molecule has 5 heteroatoms. The minimum absolute atomic E-state index is 0.0663. The molecule has 0 aromatic heterocycles. The van der Waals surface area contributed by atoms with Gasteiger partial charge in [-0.25, -0.2) is 13.2 Å². The van der Waals surface area contributed by atoms with Gasteiger partial charge in [0.1, 0.15) is 17.5 Å². The van der Waals surface area contributed by atoms with Gasteiger partial charge in [-0.15, -0.1) is 0 Å². The maximum atomic E-state index is 13.7. The molecule has 0 heterocycles. The van der Waals surface area contributed by atoms with Gasteiger partial charge in [0, 0.05) is 11.8 Å². The maximum Gasteiger partial charge on any atom is 0.258 e. The Balaban J connectivity index is 2.28. The van der Waals surface area contributed by atoms with E-state index in [1.807, 2.05) is 0 Å². The lowest BCUT2D eigenvalue weighted by Crippen LogP contribution is -2.14. The first kappa shape index (κ1) is 13.1. The standard InChI is InChI=1S/C14H10F3NO/c1-8-3-2-4-12(13(8)17)14(19)18-11-6-9(15)5-10(16)7-11/h2-7H,1H3,(H,18,19). The third kappa shape index (κ3) is 2.93. The van der Waals surface area contributed by atoms with E-state index >= 15 is 0 Å². The predicted molar refractivity (Wildman–Crippen MR) is 65.4 cm³/mol. The van der Waals surface area contributed by atoms with Crippen molar-refractivity contribution < 1.29 is 18.0 Å². The first-order chi connectivity index (χ1) is 8.97. The smallest absolute Gasteiger partial charge is 0.258 e. The number of amides is 1. The molecule has 0 saturated carbocycles. The number of hydrogen-bond donors (Lipinski definition) is 1. The maximum absolute atomic E-state index is 13.7. The summed E-state index contributed by atoms with van der Waals surface area (Å²) in [7, 11) is 0. The van der Waals surface area contributed by atoms with Crippen LogP contribution >= 0.6 is 0 Å². The molecule has 0 aliphatic rings. The monoisotopic (exact) mass is 265 g/mol. The number of anilines is 1. The average molecular weight is 265 g/mol. The van der Waals surface area contributed by atoms with Crippen molar-refractivity contribution in [3.05, 3.63) is 65.0 Å². The number of rotatable bonds is 2. The number of carbonyl (C=O) groups excluding carboxylic acids is 1. The average Bonchev–Trinajstić information content (AvgIpc) is 2.31. The Morgan fingerprint density at radius 2 is 1.68 bits per heavy atom. The van der Waals surface area contributed by atoms with E-state index in [0.717, 1.165) is 12.1 Å². The van der Waals surface area contributed by atoms with Crippen LogP contribution in [0.4, 0.5) is 18.9 Å². The van der Waals surface area contributed by atoms with Crippen molar-refractivity contribution in [2.45, 2.75) is 6.92 Å². The molecule has 0 spiro atoms. The van der Waals surface area contributed by atoms with Gasteiger partial charge in [0.25, 0.3) is 5.91 Å². The normalized spacial score (nSPS) is 10.3. The molecule has 2 aromatic rings. The quantitative estimate of drug-likeness (QED) is 0.882. The number of aryl methyl sites for hydroxylation is 1. The van der Waals surface area contributed by atoms with Crippen LogP contribution in [-0.4, -0.2) is 5.91 Å². The van der Waals surface area contributed by atoms with Crippen molar-refractivity contribution in [1.82, 2.24) is 0 Å². The highest BCUT2D eigenvalue weighted by atomic mass is 19.1. The summed E-state index contributed by atoms with van der Waals surface area (Å²) in [5.74, 6) is -3.05. The highest BCUT2D eigenvalue weighted by Gasteiger charge is 2.13. The number of carbonyl (C=O) groups is 1. The number of benzene rings is 2. The van der Waals surface area contributed by atoms with Crippen molar-refractivity contribution >= 4 is 11.6 Å². The summed E-state index contributed by atoms with van der Waals surface area (Å²) in [6.07, 6.45) is 0. The third-order valence-corrected chi connectivity index (χ3v) is 2.56. The summed E-state index contributed by atoms with van der Waals surface area (Å²) >= 11 is 0. The van der Waals surface area contributed by atoms with Gasteiger partial charge in [0.2, 0.25) is 0 Å². The largest absolute Gasteiger partial charge is 0.322 e. The lowest BCUT2D eigenvalue weighted by molar-refractivity contribution is 0.102. The van der Waals surface area contributed by atoms with Gasteiger partial charge < -0.3 is 5.32 Å². The van der Waals surface area contributed by atoms with E-state index in [4.69, 9.17) is 0 Å². The highest BCUT2D eigenvalue weighted by molar-refractivity contribution is 6.04. The molecule has 0 bridgehead atoms. The van der Waals surface area contributed by atoms with E-state index in [1.54, 1.807) is 0 Å². The van der Waals surface area contributed by atoms with Crippen LogP contribution in [0.3, 0.4) is 0 Å². The molecule has 98 valence electrons. The Labute approximate surface area is 107 Å². The highest BCUT2D eigenvalue weighted by Crippen LogP contribution is 2.16. The van der Waals surface area contributed by atoms with Crippen molar-refractivity contribution in [2.24, 2.45) is 0 Å². The van der Waals surface area contributed by atoms with E-state index in [2.05, 4.69) is 5.32 Å². The van der Waals surface area contributed by atoms with E-state index in [-0.39, 0.29) is 11.3 Å². The third-order valence-electron chi connectivity index (χ3n) is 2.56. The zero-order valence-electron chi connectivity index (χ0n) is 10.0. The van der Waals surface area contributed by atoms with Gasteiger partial charge in [0.15, 0.2) is 0 Å². The molecular weight excluding hydrogens is 255 g/mol. The molecule has 2 nitrogen and oxygen atoms in total. The zero-order valence-corrected chi connectivity index (χ0v) is 10.0. The second-order valence-corrected chi connectivity index (χ2v) is 4.05. The van der Waals surface area contributed by atoms with Gasteiger partial charge in [0.05, 0.1) is 5.56 Å². The zero-order chi connectivity index (χ0) is 14.0. The molecule has 0 saturated heterocycles. The summed E-state index contributed by atoms with van der Waals surface area (Å²) in [6.45, 7) is 1.52. The van der Waals surface area contributed by atoms with Gasteiger partial charge >= 0.3 is 0 Å². The minimum Gasteiger partial charge on any atom is -0.322 e. The van der Waals surface area contributed by atoms with Gasteiger partial charge in [-0.2, -0.15) is 0 Å². The predicted octanol–water partition coefficient (Wildman–Crippen LogP) is 3.66. The van der Waals surface area contributed by atoms with E-state index in [0.29, 0.717) is 11.6 Å². The molecule has 1 N–H and O–H groups in total. The summed E-state index contributed by atoms with van der Waals surface area (Å²) in [6, 6.07) is 6.94. The Hall–Kier alpha value is -2.30. The molecule has 0 atom stereocenters. The molecule has 0 fully saturated rings. The molecule has 2 rings (SSSR count). The number of nitrogens with one attached hydrogen (secondary N) is 1. The Kier molecular flexibility index (Phi) is 3.55.